The van der Waals surface area contributed by atoms with Gasteiger partial charge in [0.2, 0.25) is 0 Å². The first kappa shape index (κ1) is 16.1. The van der Waals surface area contributed by atoms with Gasteiger partial charge in [0.05, 0.1) is 17.5 Å². The molecule has 2 nitrogen and oxygen atoms in total. The first-order valence-electron chi connectivity index (χ1n) is 7.31. The monoisotopic (exact) mass is 329 g/mol. The molecule has 1 aromatic heterocycles. The number of nitrogens with zero attached hydrogens (tertiary/aromatic N) is 1. The second kappa shape index (κ2) is 6.35. The van der Waals surface area contributed by atoms with E-state index in [-0.39, 0.29) is 11.3 Å². The van der Waals surface area contributed by atoms with Crippen LogP contribution in [0.1, 0.15) is 16.9 Å². The fourth-order valence-electron chi connectivity index (χ4n) is 2.36. The Labute approximate surface area is 137 Å². The zero-order chi connectivity index (χ0) is 17.2. The van der Waals surface area contributed by atoms with Crippen molar-refractivity contribution in [2.45, 2.75) is 13.1 Å². The van der Waals surface area contributed by atoms with E-state index >= 15 is 0 Å². The number of furan rings is 1. The average Bonchev–Trinajstić information content (AvgIpc) is 3.01. The maximum Gasteiger partial charge on any atom is 0.417 e. The summed E-state index contributed by atoms with van der Waals surface area (Å²) in [4.78, 5) is 4.27. The summed E-state index contributed by atoms with van der Waals surface area (Å²) in [6.45, 7) is 1.96. The van der Waals surface area contributed by atoms with Crippen molar-refractivity contribution < 1.29 is 17.6 Å². The zero-order valence-electron chi connectivity index (χ0n) is 12.8. The third kappa shape index (κ3) is 3.56. The molecule has 0 saturated heterocycles. The van der Waals surface area contributed by atoms with Crippen LogP contribution in [0.3, 0.4) is 0 Å². The van der Waals surface area contributed by atoms with Crippen LogP contribution in [0.25, 0.3) is 11.3 Å². The van der Waals surface area contributed by atoms with E-state index in [0.717, 1.165) is 17.3 Å². The molecule has 0 bridgehead atoms. The number of halogens is 3. The van der Waals surface area contributed by atoms with E-state index in [1.807, 2.05) is 31.2 Å². The van der Waals surface area contributed by atoms with Crippen molar-refractivity contribution in [3.8, 4) is 11.3 Å². The summed E-state index contributed by atoms with van der Waals surface area (Å²) < 4.78 is 44.7. The Hall–Kier alpha value is -2.82. The summed E-state index contributed by atoms with van der Waals surface area (Å²) >= 11 is 0. The normalized spacial score (nSPS) is 12.0. The van der Waals surface area contributed by atoms with Crippen LogP contribution in [0.2, 0.25) is 0 Å². The highest BCUT2D eigenvalue weighted by Crippen LogP contribution is 2.37. The van der Waals surface area contributed by atoms with Gasteiger partial charge >= 0.3 is 6.18 Å². The molecule has 0 saturated carbocycles. The number of hydrogen-bond acceptors (Lipinski definition) is 2. The summed E-state index contributed by atoms with van der Waals surface area (Å²) in [6.07, 6.45) is -2.94. The van der Waals surface area contributed by atoms with Crippen LogP contribution in [0.4, 0.5) is 18.9 Å². The molecule has 3 rings (SSSR count). The Morgan fingerprint density at radius 3 is 2.50 bits per heavy atom. The fourth-order valence-corrected chi connectivity index (χ4v) is 2.36. The maximum absolute atomic E-state index is 13.1. The Bertz CT molecular complexity index is 878. The summed E-state index contributed by atoms with van der Waals surface area (Å²) in [7, 11) is 0. The first-order valence-corrected chi connectivity index (χ1v) is 7.31. The van der Waals surface area contributed by atoms with Gasteiger partial charge in [-0.1, -0.05) is 30.3 Å². The molecule has 0 atom stereocenters. The van der Waals surface area contributed by atoms with Gasteiger partial charge in [0, 0.05) is 5.56 Å². The molecule has 0 aliphatic heterocycles. The third-order valence-electron chi connectivity index (χ3n) is 3.47. The van der Waals surface area contributed by atoms with Crippen LogP contribution < -0.4 is 0 Å². The summed E-state index contributed by atoms with van der Waals surface area (Å²) in [5.41, 5.74) is 1.12. The smallest absolute Gasteiger partial charge is 0.417 e. The molecule has 122 valence electrons. The lowest BCUT2D eigenvalue weighted by Crippen LogP contribution is -2.06. The van der Waals surface area contributed by atoms with Crippen molar-refractivity contribution in [2.75, 3.05) is 0 Å². The van der Waals surface area contributed by atoms with E-state index in [9.17, 15) is 13.2 Å². The molecule has 3 aromatic rings. The molecule has 0 aliphatic rings. The highest BCUT2D eigenvalue weighted by atomic mass is 19.4. The Kier molecular flexibility index (Phi) is 4.25. The Balaban J connectivity index is 1.89. The quantitative estimate of drug-likeness (QED) is 0.539. The molecule has 0 unspecified atom stereocenters. The van der Waals surface area contributed by atoms with Gasteiger partial charge < -0.3 is 4.42 Å². The van der Waals surface area contributed by atoms with E-state index < -0.39 is 11.7 Å². The van der Waals surface area contributed by atoms with Gasteiger partial charge in [-0.05, 0) is 42.8 Å². The Morgan fingerprint density at radius 1 is 0.958 bits per heavy atom. The largest absolute Gasteiger partial charge is 0.455 e. The van der Waals surface area contributed by atoms with Crippen molar-refractivity contribution in [2.24, 2.45) is 4.99 Å². The highest BCUT2D eigenvalue weighted by molar-refractivity contribution is 5.80. The van der Waals surface area contributed by atoms with Gasteiger partial charge in [-0.15, -0.1) is 0 Å². The second-order valence-corrected chi connectivity index (χ2v) is 5.34. The summed E-state index contributed by atoms with van der Waals surface area (Å²) in [5.74, 6) is 0.553. The lowest BCUT2D eigenvalue weighted by atomic mass is 10.1. The van der Waals surface area contributed by atoms with Gasteiger partial charge in [0.25, 0.3) is 0 Å². The van der Waals surface area contributed by atoms with E-state index in [1.165, 1.54) is 24.4 Å². The number of aryl methyl sites for hydroxylation is 1. The van der Waals surface area contributed by atoms with Crippen LogP contribution in [-0.2, 0) is 6.18 Å². The molecular formula is C19H14F3NO. The number of benzene rings is 2. The molecule has 1 heterocycles. The van der Waals surface area contributed by atoms with Crippen molar-refractivity contribution in [1.82, 2.24) is 0 Å². The minimum absolute atomic E-state index is 0.0141. The lowest BCUT2D eigenvalue weighted by Gasteiger charge is -2.10. The van der Waals surface area contributed by atoms with Gasteiger partial charge in [0.1, 0.15) is 11.5 Å². The topological polar surface area (TPSA) is 25.5 Å². The summed E-state index contributed by atoms with van der Waals surface area (Å²) in [6, 6.07) is 16.0. The van der Waals surface area contributed by atoms with E-state index in [2.05, 4.69) is 4.99 Å². The first-order chi connectivity index (χ1) is 11.4. The number of hydrogen-bond donors (Lipinski definition) is 0. The standard InChI is InChI=1S/C19H14F3NO/c1-13-5-4-6-14(11-13)23-12-15-9-10-18(24-15)16-7-2-3-8-17(16)19(20,21)22/h2-12H,1H3. The van der Waals surface area contributed by atoms with Crippen LogP contribution in [0.5, 0.6) is 0 Å². The highest BCUT2D eigenvalue weighted by Gasteiger charge is 2.34. The van der Waals surface area contributed by atoms with Crippen molar-refractivity contribution in [3.63, 3.8) is 0 Å². The van der Waals surface area contributed by atoms with Crippen LogP contribution >= 0.6 is 0 Å². The van der Waals surface area contributed by atoms with Crippen LogP contribution in [0, 0.1) is 6.92 Å². The molecule has 0 amide bonds. The predicted molar refractivity (Wildman–Crippen MR) is 87.6 cm³/mol. The number of aliphatic imine (C=N–C) groups is 1. The van der Waals surface area contributed by atoms with Crippen LogP contribution in [-0.4, -0.2) is 6.21 Å². The molecule has 0 spiro atoms. The third-order valence-corrected chi connectivity index (χ3v) is 3.47. The zero-order valence-corrected chi connectivity index (χ0v) is 12.8. The molecule has 0 aliphatic carbocycles. The van der Waals surface area contributed by atoms with Crippen molar-refractivity contribution in [3.05, 3.63) is 77.6 Å². The molecule has 0 fully saturated rings. The summed E-state index contributed by atoms with van der Waals surface area (Å²) in [5, 5.41) is 0. The maximum atomic E-state index is 13.1. The minimum Gasteiger partial charge on any atom is -0.455 e. The van der Waals surface area contributed by atoms with Crippen LogP contribution in [0.15, 0.2) is 70.1 Å². The minimum atomic E-state index is -4.43. The van der Waals surface area contributed by atoms with Gasteiger partial charge in [-0.25, -0.2) is 0 Å². The SMILES string of the molecule is Cc1cccc(N=Cc2ccc(-c3ccccc3C(F)(F)F)o2)c1. The van der Waals surface area contributed by atoms with Gasteiger partial charge in [0.15, 0.2) is 0 Å². The lowest BCUT2D eigenvalue weighted by molar-refractivity contribution is -0.137. The molecule has 0 radical (unpaired) electrons. The van der Waals surface area contributed by atoms with E-state index in [4.69, 9.17) is 4.42 Å². The molecule has 5 heteroatoms. The number of alkyl halides is 3. The van der Waals surface area contributed by atoms with E-state index in [0.29, 0.717) is 5.76 Å². The molecule has 2 aromatic carbocycles. The Morgan fingerprint density at radius 2 is 1.75 bits per heavy atom. The fraction of sp³-hybridized carbons (Fsp3) is 0.105. The average molecular weight is 329 g/mol. The predicted octanol–water partition coefficient (Wildman–Crippen LogP) is 6.02. The second-order valence-electron chi connectivity index (χ2n) is 5.34. The van der Waals surface area contributed by atoms with E-state index in [1.54, 1.807) is 12.1 Å². The van der Waals surface area contributed by atoms with Gasteiger partial charge in [-0.3, -0.25) is 4.99 Å². The molecular weight excluding hydrogens is 315 g/mol. The van der Waals surface area contributed by atoms with Crippen molar-refractivity contribution in [1.29, 1.82) is 0 Å². The van der Waals surface area contributed by atoms with Gasteiger partial charge in [-0.2, -0.15) is 13.2 Å². The molecule has 0 N–H and O–H groups in total. The molecule has 24 heavy (non-hydrogen) atoms. The van der Waals surface area contributed by atoms with Crippen molar-refractivity contribution >= 4 is 11.9 Å². The number of rotatable bonds is 3.